The SMILES string of the molecule is CN/C=C\C(=N)c1cn([C@H]2CC[C@@H](C(=O)N(CC3CN(C)C3)C3CCN(C)CC3)O2)c2ncnc(N)c12. The third-order valence-corrected chi connectivity index (χ3v) is 7.93. The largest absolute Gasteiger partial charge is 0.394 e. The first kappa shape index (κ1) is 25.6. The lowest BCUT2D eigenvalue weighted by Crippen LogP contribution is -2.56. The summed E-state index contributed by atoms with van der Waals surface area (Å²) in [6.07, 6.45) is 9.18. The number of carbonyl (C=O) groups excluding carboxylic acids is 1. The van der Waals surface area contributed by atoms with Crippen molar-refractivity contribution in [2.45, 2.75) is 44.1 Å². The van der Waals surface area contributed by atoms with E-state index in [2.05, 4.69) is 44.1 Å². The van der Waals surface area contributed by atoms with Crippen LogP contribution in [-0.4, -0.2) is 107 Å². The summed E-state index contributed by atoms with van der Waals surface area (Å²) in [6.45, 7) is 4.91. The molecule has 3 aliphatic rings. The van der Waals surface area contributed by atoms with Gasteiger partial charge in [-0.15, -0.1) is 0 Å². The van der Waals surface area contributed by atoms with Gasteiger partial charge in [-0.3, -0.25) is 4.79 Å². The van der Waals surface area contributed by atoms with Crippen molar-refractivity contribution < 1.29 is 9.53 Å². The number of nitrogens with zero attached hydrogens (tertiary/aromatic N) is 6. The number of nitrogens with one attached hydrogen (secondary N) is 2. The molecular weight excluding hydrogens is 470 g/mol. The lowest BCUT2D eigenvalue weighted by molar-refractivity contribution is -0.150. The number of ether oxygens (including phenoxy) is 1. The van der Waals surface area contributed by atoms with E-state index in [1.165, 1.54) is 6.33 Å². The van der Waals surface area contributed by atoms with E-state index in [0.29, 0.717) is 46.9 Å². The molecule has 11 heteroatoms. The van der Waals surface area contributed by atoms with Crippen LogP contribution >= 0.6 is 0 Å². The molecule has 2 aromatic rings. The predicted octanol–water partition coefficient (Wildman–Crippen LogP) is 1.28. The van der Waals surface area contributed by atoms with Crippen molar-refractivity contribution in [1.29, 1.82) is 5.41 Å². The van der Waals surface area contributed by atoms with Gasteiger partial charge in [0, 0.05) is 50.4 Å². The van der Waals surface area contributed by atoms with Crippen LogP contribution in [-0.2, 0) is 9.53 Å². The number of carbonyl (C=O) groups is 1. The summed E-state index contributed by atoms with van der Waals surface area (Å²) in [7, 11) is 6.06. The van der Waals surface area contributed by atoms with Gasteiger partial charge in [0.2, 0.25) is 0 Å². The molecule has 0 spiro atoms. The van der Waals surface area contributed by atoms with Crippen molar-refractivity contribution in [3.63, 3.8) is 0 Å². The number of rotatable bonds is 8. The molecule has 0 aromatic carbocycles. The second-order valence-electron chi connectivity index (χ2n) is 10.7. The van der Waals surface area contributed by atoms with E-state index in [1.54, 1.807) is 19.3 Å². The molecule has 2 aromatic heterocycles. The molecule has 3 fully saturated rings. The maximum Gasteiger partial charge on any atom is 0.252 e. The molecular formula is C26H39N9O2. The summed E-state index contributed by atoms with van der Waals surface area (Å²) in [4.78, 5) is 29.3. The minimum atomic E-state index is -0.480. The summed E-state index contributed by atoms with van der Waals surface area (Å²) in [6, 6.07) is 0.267. The second-order valence-corrected chi connectivity index (χ2v) is 10.7. The maximum atomic E-state index is 13.9. The fourth-order valence-corrected chi connectivity index (χ4v) is 5.93. The molecule has 3 aliphatic heterocycles. The number of piperidine rings is 1. The quantitative estimate of drug-likeness (QED) is 0.454. The van der Waals surface area contributed by atoms with E-state index in [1.807, 2.05) is 10.8 Å². The first-order valence-corrected chi connectivity index (χ1v) is 13.2. The number of fused-ring (bicyclic) bond motifs is 1. The summed E-state index contributed by atoms with van der Waals surface area (Å²) in [5, 5.41) is 12.1. The zero-order valence-electron chi connectivity index (χ0n) is 22.1. The fraction of sp³-hybridized carbons (Fsp3) is 0.615. The topological polar surface area (TPSA) is 129 Å². The number of nitrogen functional groups attached to an aromatic ring is 1. The zero-order chi connectivity index (χ0) is 26.1. The van der Waals surface area contributed by atoms with E-state index < -0.39 is 6.10 Å². The van der Waals surface area contributed by atoms with Crippen LogP contribution in [0.5, 0.6) is 0 Å². The third-order valence-electron chi connectivity index (χ3n) is 7.93. The Bertz CT molecular complexity index is 1160. The number of hydrogen-bond acceptors (Lipinski definition) is 9. The molecule has 3 saturated heterocycles. The molecule has 5 rings (SSSR count). The Morgan fingerprint density at radius 3 is 2.68 bits per heavy atom. The summed E-state index contributed by atoms with van der Waals surface area (Å²) < 4.78 is 8.34. The molecule has 0 saturated carbocycles. The first-order valence-electron chi connectivity index (χ1n) is 13.2. The molecule has 0 bridgehead atoms. The van der Waals surface area contributed by atoms with Crippen LogP contribution in [0.25, 0.3) is 11.0 Å². The highest BCUT2D eigenvalue weighted by atomic mass is 16.5. The van der Waals surface area contributed by atoms with Crippen LogP contribution in [0.4, 0.5) is 5.82 Å². The molecule has 0 radical (unpaired) electrons. The van der Waals surface area contributed by atoms with Crippen LogP contribution < -0.4 is 11.1 Å². The summed E-state index contributed by atoms with van der Waals surface area (Å²) in [5.74, 6) is 0.964. The van der Waals surface area contributed by atoms with Crippen molar-refractivity contribution in [2.75, 3.05) is 59.6 Å². The Hall–Kier alpha value is -3.02. The molecule has 1 amide bonds. The normalized spacial score (nSPS) is 24.1. The van der Waals surface area contributed by atoms with Crippen LogP contribution in [0.1, 0.15) is 37.5 Å². The van der Waals surface area contributed by atoms with Crippen molar-refractivity contribution >= 4 is 28.5 Å². The third kappa shape index (κ3) is 5.21. The Balaban J connectivity index is 1.36. The van der Waals surface area contributed by atoms with Gasteiger partial charge in [0.25, 0.3) is 5.91 Å². The second kappa shape index (κ2) is 10.8. The first-order chi connectivity index (χ1) is 17.9. The van der Waals surface area contributed by atoms with E-state index >= 15 is 0 Å². The Kier molecular flexibility index (Phi) is 7.45. The van der Waals surface area contributed by atoms with Gasteiger partial charge in [-0.05, 0) is 65.1 Å². The molecule has 37 heavy (non-hydrogen) atoms. The number of nitrogens with two attached hydrogens (primary N) is 1. The van der Waals surface area contributed by atoms with Gasteiger partial charge in [0.05, 0.1) is 11.1 Å². The molecule has 0 aliphatic carbocycles. The molecule has 5 heterocycles. The van der Waals surface area contributed by atoms with E-state index in [4.69, 9.17) is 15.9 Å². The lowest BCUT2D eigenvalue weighted by atomic mass is 9.96. The van der Waals surface area contributed by atoms with E-state index in [9.17, 15) is 4.79 Å². The van der Waals surface area contributed by atoms with Gasteiger partial charge in [-0.1, -0.05) is 0 Å². The van der Waals surface area contributed by atoms with Gasteiger partial charge in [0.1, 0.15) is 30.1 Å². The van der Waals surface area contributed by atoms with Gasteiger partial charge in [-0.2, -0.15) is 0 Å². The maximum absolute atomic E-state index is 13.9. The fourth-order valence-electron chi connectivity index (χ4n) is 5.93. The van der Waals surface area contributed by atoms with Gasteiger partial charge < -0.3 is 40.5 Å². The molecule has 11 nitrogen and oxygen atoms in total. The van der Waals surface area contributed by atoms with Gasteiger partial charge in [0.15, 0.2) is 0 Å². The highest BCUT2D eigenvalue weighted by molar-refractivity contribution is 6.16. The number of likely N-dealkylation sites (tertiary alicyclic amines) is 2. The molecule has 200 valence electrons. The van der Waals surface area contributed by atoms with Crippen molar-refractivity contribution in [1.82, 2.24) is 34.6 Å². The minimum absolute atomic E-state index is 0.113. The molecule has 2 atom stereocenters. The van der Waals surface area contributed by atoms with Gasteiger partial charge >= 0.3 is 0 Å². The van der Waals surface area contributed by atoms with E-state index in [0.717, 1.165) is 45.6 Å². The van der Waals surface area contributed by atoms with Crippen molar-refractivity contribution in [3.05, 3.63) is 30.4 Å². The highest BCUT2D eigenvalue weighted by Crippen LogP contribution is 2.35. The average molecular weight is 510 g/mol. The number of anilines is 1. The number of aromatic nitrogens is 3. The van der Waals surface area contributed by atoms with E-state index in [-0.39, 0.29) is 18.2 Å². The Morgan fingerprint density at radius 2 is 1.97 bits per heavy atom. The number of hydrogen-bond donors (Lipinski definition) is 3. The summed E-state index contributed by atoms with van der Waals surface area (Å²) in [5.41, 5.74) is 7.76. The molecule has 4 N–H and O–H groups in total. The monoisotopic (exact) mass is 509 g/mol. The van der Waals surface area contributed by atoms with Crippen molar-refractivity contribution in [2.24, 2.45) is 5.92 Å². The van der Waals surface area contributed by atoms with Crippen molar-refractivity contribution in [3.8, 4) is 0 Å². The minimum Gasteiger partial charge on any atom is -0.394 e. The van der Waals surface area contributed by atoms with Crippen LogP contribution in [0, 0.1) is 11.3 Å². The smallest absolute Gasteiger partial charge is 0.252 e. The number of allylic oxidation sites excluding steroid dienone is 1. The zero-order valence-corrected chi connectivity index (χ0v) is 22.1. The molecule has 0 unspecified atom stereocenters. The number of amides is 1. The predicted molar refractivity (Wildman–Crippen MR) is 143 cm³/mol. The van der Waals surface area contributed by atoms with Gasteiger partial charge in [-0.25, -0.2) is 9.97 Å². The van der Waals surface area contributed by atoms with Crippen LogP contribution in [0.15, 0.2) is 24.8 Å². The average Bonchev–Trinajstić information content (AvgIpc) is 3.51. The summed E-state index contributed by atoms with van der Waals surface area (Å²) >= 11 is 0. The van der Waals surface area contributed by atoms with Crippen LogP contribution in [0.3, 0.4) is 0 Å². The van der Waals surface area contributed by atoms with Crippen LogP contribution in [0.2, 0.25) is 0 Å². The highest BCUT2D eigenvalue weighted by Gasteiger charge is 2.40. The Morgan fingerprint density at radius 1 is 1.22 bits per heavy atom. The standard InChI is InChI=1S/C26H39N9O2/c1-29-9-6-20(27)19-15-35(25-23(19)24(28)30-16-31-25)22-5-4-21(37-22)26(36)34(14-17-12-33(3)13-17)18-7-10-32(2)11-8-18/h6,9,15-18,21-22,27,29H,4-5,7-8,10-14H2,1-3H3,(H2,28,30,31)/b9-6-,27-20?/t21-,22+/m0/s1. The Labute approximate surface area is 218 Å². The lowest BCUT2D eigenvalue weighted by Gasteiger charge is -2.44.